The fourth-order valence-electron chi connectivity index (χ4n) is 2.66. The molecule has 1 aliphatic heterocycles. The lowest BCUT2D eigenvalue weighted by Crippen LogP contribution is -2.55. The van der Waals surface area contributed by atoms with Crippen molar-refractivity contribution in [3.05, 3.63) is 28.7 Å². The molecule has 0 aliphatic carbocycles. The maximum absolute atomic E-state index is 6.02. The van der Waals surface area contributed by atoms with Crippen LogP contribution in [0.1, 0.15) is 26.7 Å². The normalized spacial score (nSPS) is 26.9. The topological polar surface area (TPSA) is 47.3 Å². The summed E-state index contributed by atoms with van der Waals surface area (Å²) in [6.07, 6.45) is 1.85. The number of hydrogen-bond acceptors (Lipinski definition) is 3. The van der Waals surface area contributed by atoms with Gasteiger partial charge in [-0.05, 0) is 48.3 Å². The fourth-order valence-corrected chi connectivity index (χ4v) is 3.04. The van der Waals surface area contributed by atoms with E-state index in [0.717, 1.165) is 29.6 Å². The predicted octanol–water partition coefficient (Wildman–Crippen LogP) is 3.15. The first-order chi connectivity index (χ1) is 8.46. The van der Waals surface area contributed by atoms with Crippen molar-refractivity contribution < 1.29 is 4.74 Å². The summed E-state index contributed by atoms with van der Waals surface area (Å²) >= 11 is 3.57. The van der Waals surface area contributed by atoms with E-state index >= 15 is 0 Å². The Hall–Kier alpha value is -0.580. The van der Waals surface area contributed by atoms with Gasteiger partial charge in [0.1, 0.15) is 0 Å². The first-order valence-electron chi connectivity index (χ1n) is 6.33. The van der Waals surface area contributed by atoms with Crippen molar-refractivity contribution in [1.82, 2.24) is 0 Å². The highest BCUT2D eigenvalue weighted by molar-refractivity contribution is 9.10. The van der Waals surface area contributed by atoms with E-state index in [9.17, 15) is 0 Å². The van der Waals surface area contributed by atoms with Gasteiger partial charge in [0.25, 0.3) is 0 Å². The third-order valence-corrected chi connectivity index (χ3v) is 4.19. The summed E-state index contributed by atoms with van der Waals surface area (Å²) in [7, 11) is 0. The Kier molecular flexibility index (Phi) is 3.99. The van der Waals surface area contributed by atoms with Crippen LogP contribution in [0, 0.1) is 0 Å². The van der Waals surface area contributed by atoms with Crippen molar-refractivity contribution in [3.63, 3.8) is 0 Å². The average Bonchev–Trinajstić information content (AvgIpc) is 2.31. The summed E-state index contributed by atoms with van der Waals surface area (Å²) in [4.78, 5) is 0. The van der Waals surface area contributed by atoms with Crippen molar-refractivity contribution in [1.29, 1.82) is 0 Å². The van der Waals surface area contributed by atoms with Crippen molar-refractivity contribution in [2.45, 2.75) is 37.8 Å². The molecule has 18 heavy (non-hydrogen) atoms. The summed E-state index contributed by atoms with van der Waals surface area (Å²) < 4.78 is 6.85. The fraction of sp³-hybridized carbons (Fsp3) is 0.571. The Bertz CT molecular complexity index is 422. The molecule has 1 aromatic carbocycles. The quantitative estimate of drug-likeness (QED) is 0.901. The molecule has 3 nitrogen and oxygen atoms in total. The molecular formula is C14H21BrN2O. The van der Waals surface area contributed by atoms with Gasteiger partial charge in [0.2, 0.25) is 0 Å². The minimum Gasteiger partial charge on any atom is -0.377 e. The molecule has 1 saturated heterocycles. The molecule has 1 fully saturated rings. The van der Waals surface area contributed by atoms with Crippen LogP contribution in [-0.4, -0.2) is 24.3 Å². The van der Waals surface area contributed by atoms with Gasteiger partial charge in [0.05, 0.1) is 11.1 Å². The standard InChI is InChI=1S/C14H21BrN2O/c1-13(2)9-14(10-16,7-8-18-13)17-12-6-4-3-5-11(12)15/h3-6,17H,7-10,16H2,1-2H3. The number of benzene rings is 1. The van der Waals surface area contributed by atoms with Gasteiger partial charge in [0, 0.05) is 29.7 Å². The maximum Gasteiger partial charge on any atom is 0.0649 e. The molecule has 1 aromatic rings. The minimum atomic E-state index is -0.119. The van der Waals surface area contributed by atoms with E-state index < -0.39 is 0 Å². The number of halogens is 1. The predicted molar refractivity (Wildman–Crippen MR) is 78.8 cm³/mol. The van der Waals surface area contributed by atoms with Crippen LogP contribution in [0.4, 0.5) is 5.69 Å². The van der Waals surface area contributed by atoms with Gasteiger partial charge >= 0.3 is 0 Å². The maximum atomic E-state index is 6.02. The first kappa shape index (κ1) is 13.8. The Morgan fingerprint density at radius 2 is 2.11 bits per heavy atom. The summed E-state index contributed by atoms with van der Waals surface area (Å²) in [5, 5.41) is 3.62. The van der Waals surface area contributed by atoms with Crippen molar-refractivity contribution in [3.8, 4) is 0 Å². The molecule has 0 spiro atoms. The second kappa shape index (κ2) is 5.19. The number of rotatable bonds is 3. The zero-order valence-corrected chi connectivity index (χ0v) is 12.6. The zero-order chi connectivity index (χ0) is 13.2. The smallest absolute Gasteiger partial charge is 0.0649 e. The molecule has 0 radical (unpaired) electrons. The van der Waals surface area contributed by atoms with Gasteiger partial charge in [-0.15, -0.1) is 0 Å². The second-order valence-electron chi connectivity index (χ2n) is 5.62. The third-order valence-electron chi connectivity index (χ3n) is 3.50. The van der Waals surface area contributed by atoms with E-state index in [1.165, 1.54) is 0 Å². The van der Waals surface area contributed by atoms with Gasteiger partial charge in [-0.25, -0.2) is 0 Å². The molecule has 0 bridgehead atoms. The highest BCUT2D eigenvalue weighted by Crippen LogP contribution is 2.35. The van der Waals surface area contributed by atoms with E-state index in [1.807, 2.05) is 18.2 Å². The number of ether oxygens (including phenoxy) is 1. The van der Waals surface area contributed by atoms with E-state index in [4.69, 9.17) is 10.5 Å². The van der Waals surface area contributed by atoms with Gasteiger partial charge < -0.3 is 15.8 Å². The van der Waals surface area contributed by atoms with Crippen molar-refractivity contribution in [2.24, 2.45) is 5.73 Å². The number of nitrogens with two attached hydrogens (primary N) is 1. The lowest BCUT2D eigenvalue weighted by atomic mass is 9.81. The van der Waals surface area contributed by atoms with Crippen LogP contribution < -0.4 is 11.1 Å². The van der Waals surface area contributed by atoms with Crippen LogP contribution >= 0.6 is 15.9 Å². The minimum absolute atomic E-state index is 0.0778. The Labute approximate surface area is 117 Å². The Morgan fingerprint density at radius 3 is 2.72 bits per heavy atom. The van der Waals surface area contributed by atoms with Crippen LogP contribution in [0.5, 0.6) is 0 Å². The van der Waals surface area contributed by atoms with Crippen molar-refractivity contribution in [2.75, 3.05) is 18.5 Å². The molecule has 3 N–H and O–H groups in total. The molecular weight excluding hydrogens is 292 g/mol. The van der Waals surface area contributed by atoms with Crippen LogP contribution in [-0.2, 0) is 4.74 Å². The third kappa shape index (κ3) is 3.05. The van der Waals surface area contributed by atoms with E-state index in [1.54, 1.807) is 0 Å². The summed E-state index contributed by atoms with van der Waals surface area (Å²) in [6, 6.07) is 8.15. The monoisotopic (exact) mass is 312 g/mol. The molecule has 0 amide bonds. The van der Waals surface area contributed by atoms with Crippen molar-refractivity contribution >= 4 is 21.6 Å². The van der Waals surface area contributed by atoms with Gasteiger partial charge in [-0.2, -0.15) is 0 Å². The molecule has 2 rings (SSSR count). The highest BCUT2D eigenvalue weighted by Gasteiger charge is 2.40. The summed E-state index contributed by atoms with van der Waals surface area (Å²) in [5.74, 6) is 0. The first-order valence-corrected chi connectivity index (χ1v) is 7.12. The van der Waals surface area contributed by atoms with E-state index in [2.05, 4.69) is 41.2 Å². The van der Waals surface area contributed by atoms with Crippen LogP contribution in [0.3, 0.4) is 0 Å². The van der Waals surface area contributed by atoms with Crippen LogP contribution in [0.15, 0.2) is 28.7 Å². The number of nitrogens with one attached hydrogen (secondary N) is 1. The number of anilines is 1. The SMILES string of the molecule is CC1(C)CC(CN)(Nc2ccccc2Br)CCO1. The van der Waals surface area contributed by atoms with Gasteiger partial charge in [-0.3, -0.25) is 0 Å². The number of para-hydroxylation sites is 1. The lowest BCUT2D eigenvalue weighted by Gasteiger charge is -2.45. The molecule has 0 saturated carbocycles. The van der Waals surface area contributed by atoms with Crippen LogP contribution in [0.25, 0.3) is 0 Å². The van der Waals surface area contributed by atoms with Gasteiger partial charge in [0.15, 0.2) is 0 Å². The Morgan fingerprint density at radius 1 is 1.39 bits per heavy atom. The zero-order valence-electron chi connectivity index (χ0n) is 11.0. The average molecular weight is 313 g/mol. The number of hydrogen-bond donors (Lipinski definition) is 2. The molecule has 1 aliphatic rings. The molecule has 1 atom stereocenters. The molecule has 0 aromatic heterocycles. The molecule has 100 valence electrons. The Balaban J connectivity index is 2.21. The summed E-state index contributed by atoms with van der Waals surface area (Å²) in [5.41, 5.74) is 6.92. The molecule has 1 heterocycles. The van der Waals surface area contributed by atoms with E-state index in [0.29, 0.717) is 6.54 Å². The van der Waals surface area contributed by atoms with Gasteiger partial charge in [-0.1, -0.05) is 12.1 Å². The molecule has 1 unspecified atom stereocenters. The molecule has 4 heteroatoms. The van der Waals surface area contributed by atoms with Crippen LogP contribution in [0.2, 0.25) is 0 Å². The van der Waals surface area contributed by atoms with E-state index in [-0.39, 0.29) is 11.1 Å². The second-order valence-corrected chi connectivity index (χ2v) is 6.48. The summed E-state index contributed by atoms with van der Waals surface area (Å²) in [6.45, 7) is 5.61. The lowest BCUT2D eigenvalue weighted by molar-refractivity contribution is -0.0736. The largest absolute Gasteiger partial charge is 0.377 e. The highest BCUT2D eigenvalue weighted by atomic mass is 79.9.